The molecule has 0 amide bonds. The van der Waals surface area contributed by atoms with E-state index < -0.39 is 5.97 Å². The second-order valence-electron chi connectivity index (χ2n) is 4.70. The van der Waals surface area contributed by atoms with Gasteiger partial charge in [-0.25, -0.2) is 4.79 Å². The highest BCUT2D eigenvalue weighted by Crippen LogP contribution is 2.22. The zero-order chi connectivity index (χ0) is 15.5. The molecule has 0 aliphatic heterocycles. The number of carboxylic acids is 1. The molecule has 0 saturated carbocycles. The van der Waals surface area contributed by atoms with Crippen LogP contribution in [0.1, 0.15) is 16.1 Å². The molecular formula is C16H14N2O4. The maximum atomic E-state index is 11.1. The van der Waals surface area contributed by atoms with Gasteiger partial charge in [-0.15, -0.1) is 0 Å². The molecule has 2 heterocycles. The third kappa shape index (κ3) is 2.71. The molecule has 1 aromatic carbocycles. The Morgan fingerprint density at radius 2 is 2.09 bits per heavy atom. The van der Waals surface area contributed by atoms with Crippen molar-refractivity contribution in [2.24, 2.45) is 0 Å². The molecule has 2 aromatic heterocycles. The predicted molar refractivity (Wildman–Crippen MR) is 79.0 cm³/mol. The summed E-state index contributed by atoms with van der Waals surface area (Å²) >= 11 is 0. The molecule has 112 valence electrons. The minimum atomic E-state index is -1.07. The average molecular weight is 298 g/mol. The maximum Gasteiger partial charge on any atom is 0.356 e. The molecule has 0 saturated heterocycles. The van der Waals surface area contributed by atoms with Crippen LogP contribution in [0.2, 0.25) is 0 Å². The first-order chi connectivity index (χ1) is 10.7. The fourth-order valence-electron chi connectivity index (χ4n) is 2.17. The standard InChI is InChI=1S/C16H14N2O4/c1-21-12-6-4-11(5-7-12)10-18-14(15-3-2-8-22-15)9-13(17-18)16(19)20/h2-9H,10H2,1H3,(H,19,20). The van der Waals surface area contributed by atoms with Gasteiger partial charge in [0.15, 0.2) is 11.5 Å². The van der Waals surface area contributed by atoms with E-state index in [9.17, 15) is 4.79 Å². The number of carboxylic acid groups (broad SMARTS) is 1. The van der Waals surface area contributed by atoms with E-state index in [4.69, 9.17) is 14.3 Å². The third-order valence-corrected chi connectivity index (χ3v) is 3.26. The van der Waals surface area contributed by atoms with Gasteiger partial charge in [0.1, 0.15) is 11.4 Å². The number of rotatable bonds is 5. The van der Waals surface area contributed by atoms with Gasteiger partial charge in [-0.3, -0.25) is 4.68 Å². The Morgan fingerprint density at radius 1 is 1.32 bits per heavy atom. The predicted octanol–water partition coefficient (Wildman–Crippen LogP) is 2.90. The van der Waals surface area contributed by atoms with Crippen molar-refractivity contribution in [3.63, 3.8) is 0 Å². The lowest BCUT2D eigenvalue weighted by Gasteiger charge is -2.07. The van der Waals surface area contributed by atoms with Crippen LogP contribution in [0, 0.1) is 0 Å². The van der Waals surface area contributed by atoms with E-state index >= 15 is 0 Å². The number of nitrogens with zero attached hydrogens (tertiary/aromatic N) is 2. The normalized spacial score (nSPS) is 10.6. The van der Waals surface area contributed by atoms with Crippen LogP contribution < -0.4 is 4.74 Å². The van der Waals surface area contributed by atoms with Gasteiger partial charge in [-0.1, -0.05) is 12.1 Å². The second-order valence-corrected chi connectivity index (χ2v) is 4.70. The molecule has 0 bridgehead atoms. The van der Waals surface area contributed by atoms with Crippen molar-refractivity contribution in [2.45, 2.75) is 6.54 Å². The number of furan rings is 1. The largest absolute Gasteiger partial charge is 0.497 e. The van der Waals surface area contributed by atoms with Crippen LogP contribution in [0.5, 0.6) is 5.75 Å². The molecule has 0 atom stereocenters. The summed E-state index contributed by atoms with van der Waals surface area (Å²) in [5.74, 6) is 0.275. The Hall–Kier alpha value is -3.02. The van der Waals surface area contributed by atoms with E-state index in [1.165, 1.54) is 6.07 Å². The molecule has 0 unspecified atom stereocenters. The number of benzene rings is 1. The van der Waals surface area contributed by atoms with E-state index in [1.807, 2.05) is 24.3 Å². The summed E-state index contributed by atoms with van der Waals surface area (Å²) < 4.78 is 12.1. The monoisotopic (exact) mass is 298 g/mol. The molecule has 0 aliphatic carbocycles. The van der Waals surface area contributed by atoms with Gasteiger partial charge in [-0.2, -0.15) is 5.10 Å². The van der Waals surface area contributed by atoms with Crippen molar-refractivity contribution in [2.75, 3.05) is 7.11 Å². The van der Waals surface area contributed by atoms with Crippen LogP contribution in [0.4, 0.5) is 0 Å². The summed E-state index contributed by atoms with van der Waals surface area (Å²) in [7, 11) is 1.61. The SMILES string of the molecule is COc1ccc(Cn2nc(C(=O)O)cc2-c2ccco2)cc1. The number of hydrogen-bond acceptors (Lipinski definition) is 4. The Balaban J connectivity index is 1.96. The zero-order valence-corrected chi connectivity index (χ0v) is 11.9. The Bertz CT molecular complexity index is 773. The van der Waals surface area contributed by atoms with Gasteiger partial charge in [0.2, 0.25) is 0 Å². The van der Waals surface area contributed by atoms with Gasteiger partial charge in [0.25, 0.3) is 0 Å². The van der Waals surface area contributed by atoms with Crippen LogP contribution in [0.3, 0.4) is 0 Å². The van der Waals surface area contributed by atoms with Crippen LogP contribution in [-0.2, 0) is 6.54 Å². The minimum Gasteiger partial charge on any atom is -0.497 e. The first-order valence-corrected chi connectivity index (χ1v) is 6.65. The lowest BCUT2D eigenvalue weighted by atomic mass is 10.2. The number of carbonyl (C=O) groups is 1. The summed E-state index contributed by atoms with van der Waals surface area (Å²) in [5, 5.41) is 13.3. The molecule has 22 heavy (non-hydrogen) atoms. The van der Waals surface area contributed by atoms with Gasteiger partial charge in [-0.05, 0) is 29.8 Å². The average Bonchev–Trinajstić information content (AvgIpc) is 3.17. The Morgan fingerprint density at radius 3 is 2.68 bits per heavy atom. The summed E-state index contributed by atoms with van der Waals surface area (Å²) in [4.78, 5) is 11.1. The van der Waals surface area contributed by atoms with Crippen LogP contribution in [-0.4, -0.2) is 28.0 Å². The third-order valence-electron chi connectivity index (χ3n) is 3.26. The quantitative estimate of drug-likeness (QED) is 0.783. The summed E-state index contributed by atoms with van der Waals surface area (Å²) in [6.45, 7) is 0.438. The lowest BCUT2D eigenvalue weighted by molar-refractivity contribution is 0.0689. The highest BCUT2D eigenvalue weighted by atomic mass is 16.5. The first kappa shape index (κ1) is 13.9. The van der Waals surface area contributed by atoms with E-state index in [-0.39, 0.29) is 5.69 Å². The number of aromatic carboxylic acids is 1. The fourth-order valence-corrected chi connectivity index (χ4v) is 2.17. The van der Waals surface area contributed by atoms with Gasteiger partial charge < -0.3 is 14.3 Å². The Kier molecular flexibility index (Phi) is 3.65. The summed E-state index contributed by atoms with van der Waals surface area (Å²) in [6.07, 6.45) is 1.54. The van der Waals surface area contributed by atoms with E-state index in [2.05, 4.69) is 5.10 Å². The van der Waals surface area contributed by atoms with Crippen molar-refractivity contribution >= 4 is 5.97 Å². The van der Waals surface area contributed by atoms with E-state index in [1.54, 1.807) is 30.2 Å². The number of ether oxygens (including phenoxy) is 1. The van der Waals surface area contributed by atoms with E-state index in [0.717, 1.165) is 11.3 Å². The topological polar surface area (TPSA) is 77.5 Å². The van der Waals surface area contributed by atoms with Crippen LogP contribution >= 0.6 is 0 Å². The number of methoxy groups -OCH3 is 1. The molecule has 3 aromatic rings. The van der Waals surface area contributed by atoms with Gasteiger partial charge >= 0.3 is 5.97 Å². The molecule has 3 rings (SSSR count). The molecule has 1 N–H and O–H groups in total. The second kappa shape index (κ2) is 5.77. The molecule has 0 radical (unpaired) electrons. The van der Waals surface area contributed by atoms with Crippen molar-refractivity contribution in [1.29, 1.82) is 0 Å². The summed E-state index contributed by atoms with van der Waals surface area (Å²) in [5.41, 5.74) is 1.59. The molecule has 0 fully saturated rings. The van der Waals surface area contributed by atoms with Crippen molar-refractivity contribution in [1.82, 2.24) is 9.78 Å². The van der Waals surface area contributed by atoms with E-state index in [0.29, 0.717) is 18.0 Å². The number of hydrogen-bond donors (Lipinski definition) is 1. The molecular weight excluding hydrogens is 284 g/mol. The molecule has 0 spiro atoms. The fraction of sp³-hybridized carbons (Fsp3) is 0.125. The molecule has 0 aliphatic rings. The smallest absolute Gasteiger partial charge is 0.356 e. The van der Waals surface area contributed by atoms with Gasteiger partial charge in [0.05, 0.1) is 19.9 Å². The highest BCUT2D eigenvalue weighted by Gasteiger charge is 2.16. The zero-order valence-electron chi connectivity index (χ0n) is 11.9. The van der Waals surface area contributed by atoms with Crippen LogP contribution in [0.25, 0.3) is 11.5 Å². The minimum absolute atomic E-state index is 0.0140. The molecule has 6 nitrogen and oxygen atoms in total. The van der Waals surface area contributed by atoms with Crippen molar-refractivity contribution in [3.05, 3.63) is 60.0 Å². The first-order valence-electron chi connectivity index (χ1n) is 6.65. The maximum absolute atomic E-state index is 11.1. The summed E-state index contributed by atoms with van der Waals surface area (Å²) in [6, 6.07) is 12.5. The lowest BCUT2D eigenvalue weighted by Crippen LogP contribution is -2.05. The van der Waals surface area contributed by atoms with Crippen molar-refractivity contribution < 1.29 is 19.1 Å². The van der Waals surface area contributed by atoms with Crippen molar-refractivity contribution in [3.8, 4) is 17.2 Å². The van der Waals surface area contributed by atoms with Gasteiger partial charge in [0, 0.05) is 6.07 Å². The highest BCUT2D eigenvalue weighted by molar-refractivity contribution is 5.86. The van der Waals surface area contributed by atoms with Crippen LogP contribution in [0.15, 0.2) is 53.1 Å². The number of aromatic nitrogens is 2. The molecule has 6 heteroatoms. The Labute approximate surface area is 126 Å².